The molecule has 0 aliphatic heterocycles. The Kier molecular flexibility index (Phi) is 5.85. The van der Waals surface area contributed by atoms with Crippen LogP contribution in [0.2, 0.25) is 0 Å². The van der Waals surface area contributed by atoms with E-state index in [1.807, 2.05) is 16.8 Å². The average Bonchev–Trinajstić information content (AvgIpc) is 3.04. The summed E-state index contributed by atoms with van der Waals surface area (Å²) in [5, 5.41) is 16.7. The molecule has 2 aromatic rings. The van der Waals surface area contributed by atoms with Gasteiger partial charge in [0.25, 0.3) is 0 Å². The van der Waals surface area contributed by atoms with Gasteiger partial charge in [0, 0.05) is 6.42 Å². The van der Waals surface area contributed by atoms with Crippen LogP contribution in [0.5, 0.6) is 0 Å². The fourth-order valence-electron chi connectivity index (χ4n) is 2.18. The van der Waals surface area contributed by atoms with E-state index in [-0.39, 0.29) is 18.9 Å². The highest BCUT2D eigenvalue weighted by molar-refractivity contribution is 7.08. The van der Waals surface area contributed by atoms with Crippen molar-refractivity contribution < 1.29 is 18.7 Å². The summed E-state index contributed by atoms with van der Waals surface area (Å²) in [5.41, 5.74) is 0.321. The number of benzene rings is 1. The fraction of sp³-hybridized carbons (Fsp3) is 0.353. The minimum absolute atomic E-state index is 0.133. The van der Waals surface area contributed by atoms with E-state index in [1.165, 1.54) is 17.4 Å². The van der Waals surface area contributed by atoms with Crippen LogP contribution in [0.15, 0.2) is 35.0 Å². The number of aliphatic hydroxyl groups is 1. The SMILES string of the molecule is CC(O)(CNC(=O)CCCc1ccc(F)c(F)c1)c1ccsc1. The first-order valence-corrected chi connectivity index (χ1v) is 8.28. The largest absolute Gasteiger partial charge is 0.384 e. The number of thiophene rings is 1. The summed E-state index contributed by atoms with van der Waals surface area (Å²) in [7, 11) is 0. The van der Waals surface area contributed by atoms with Crippen molar-refractivity contribution in [2.24, 2.45) is 0 Å². The van der Waals surface area contributed by atoms with Gasteiger partial charge in [-0.25, -0.2) is 8.78 Å². The lowest BCUT2D eigenvalue weighted by Crippen LogP contribution is -2.38. The number of hydrogen-bond acceptors (Lipinski definition) is 3. The molecule has 3 nitrogen and oxygen atoms in total. The van der Waals surface area contributed by atoms with Gasteiger partial charge in [-0.1, -0.05) is 6.07 Å². The van der Waals surface area contributed by atoms with Gasteiger partial charge in [0.2, 0.25) is 5.91 Å². The molecule has 1 aromatic heterocycles. The van der Waals surface area contributed by atoms with Gasteiger partial charge in [0.1, 0.15) is 5.60 Å². The second-order valence-electron chi connectivity index (χ2n) is 5.66. The van der Waals surface area contributed by atoms with Crippen molar-refractivity contribution in [2.75, 3.05) is 6.54 Å². The average molecular weight is 339 g/mol. The van der Waals surface area contributed by atoms with E-state index in [0.717, 1.165) is 17.7 Å². The van der Waals surface area contributed by atoms with Gasteiger partial charge in [0.05, 0.1) is 6.54 Å². The van der Waals surface area contributed by atoms with Crippen molar-refractivity contribution in [3.8, 4) is 0 Å². The van der Waals surface area contributed by atoms with Crippen LogP contribution in [0.1, 0.15) is 30.9 Å². The molecule has 124 valence electrons. The number of nitrogens with one attached hydrogen (secondary N) is 1. The minimum atomic E-state index is -1.10. The molecule has 0 saturated heterocycles. The van der Waals surface area contributed by atoms with Gasteiger partial charge < -0.3 is 10.4 Å². The zero-order valence-electron chi connectivity index (χ0n) is 12.8. The molecule has 2 N–H and O–H groups in total. The molecule has 0 radical (unpaired) electrons. The minimum Gasteiger partial charge on any atom is -0.384 e. The molecule has 0 fully saturated rings. The maximum absolute atomic E-state index is 13.1. The van der Waals surface area contributed by atoms with Gasteiger partial charge in [-0.3, -0.25) is 4.79 Å². The molecule has 6 heteroatoms. The molecular weight excluding hydrogens is 320 g/mol. The number of carbonyl (C=O) groups excluding carboxylic acids is 1. The molecular formula is C17H19F2NO2S. The van der Waals surface area contributed by atoms with E-state index in [1.54, 1.807) is 6.92 Å². The molecule has 0 aliphatic rings. The first-order chi connectivity index (χ1) is 10.9. The second kappa shape index (κ2) is 7.66. The topological polar surface area (TPSA) is 49.3 Å². The van der Waals surface area contributed by atoms with Crippen molar-refractivity contribution >= 4 is 17.2 Å². The molecule has 1 atom stereocenters. The molecule has 1 aromatic carbocycles. The van der Waals surface area contributed by atoms with E-state index >= 15 is 0 Å². The zero-order valence-corrected chi connectivity index (χ0v) is 13.6. The highest BCUT2D eigenvalue weighted by Gasteiger charge is 2.23. The normalized spacial score (nSPS) is 13.6. The van der Waals surface area contributed by atoms with Gasteiger partial charge in [-0.15, -0.1) is 0 Å². The van der Waals surface area contributed by atoms with Gasteiger partial charge in [-0.2, -0.15) is 11.3 Å². The number of halogens is 2. The van der Waals surface area contributed by atoms with Crippen LogP contribution >= 0.6 is 11.3 Å². The van der Waals surface area contributed by atoms with Crippen molar-refractivity contribution in [3.63, 3.8) is 0 Å². The van der Waals surface area contributed by atoms with Crippen molar-refractivity contribution in [1.29, 1.82) is 0 Å². The summed E-state index contributed by atoms with van der Waals surface area (Å²) >= 11 is 1.48. The van der Waals surface area contributed by atoms with Crippen molar-refractivity contribution in [2.45, 2.75) is 31.8 Å². The fourth-order valence-corrected chi connectivity index (χ4v) is 2.96. The summed E-state index contributed by atoms with van der Waals surface area (Å²) < 4.78 is 25.9. The van der Waals surface area contributed by atoms with Crippen LogP contribution in [-0.4, -0.2) is 17.6 Å². The summed E-state index contributed by atoms with van der Waals surface area (Å²) in [6, 6.07) is 5.56. The van der Waals surface area contributed by atoms with E-state index in [4.69, 9.17) is 0 Å². The molecule has 2 rings (SSSR count). The molecule has 0 aliphatic carbocycles. The molecule has 1 heterocycles. The summed E-state index contributed by atoms with van der Waals surface area (Å²) in [6.07, 6.45) is 1.28. The molecule has 0 spiro atoms. The van der Waals surface area contributed by atoms with E-state index in [0.29, 0.717) is 18.4 Å². The van der Waals surface area contributed by atoms with Crippen LogP contribution in [0.3, 0.4) is 0 Å². The first kappa shape index (κ1) is 17.6. The van der Waals surface area contributed by atoms with Crippen LogP contribution in [0.4, 0.5) is 8.78 Å². The first-order valence-electron chi connectivity index (χ1n) is 7.34. The van der Waals surface area contributed by atoms with E-state index < -0.39 is 17.2 Å². The molecule has 1 amide bonds. The molecule has 23 heavy (non-hydrogen) atoms. The Morgan fingerprint density at radius 3 is 2.74 bits per heavy atom. The number of amides is 1. The quantitative estimate of drug-likeness (QED) is 0.812. The Hall–Kier alpha value is -1.79. The lowest BCUT2D eigenvalue weighted by molar-refractivity contribution is -0.122. The highest BCUT2D eigenvalue weighted by atomic mass is 32.1. The Morgan fingerprint density at radius 1 is 1.30 bits per heavy atom. The lowest BCUT2D eigenvalue weighted by Gasteiger charge is -2.22. The standard InChI is InChI=1S/C17H19F2NO2S/c1-17(22,13-7-8-23-10-13)11-20-16(21)4-2-3-12-5-6-14(18)15(19)9-12/h5-10,22H,2-4,11H2,1H3,(H,20,21). The van der Waals surface area contributed by atoms with Crippen LogP contribution < -0.4 is 5.32 Å². The smallest absolute Gasteiger partial charge is 0.220 e. The maximum Gasteiger partial charge on any atom is 0.220 e. The number of aryl methyl sites for hydroxylation is 1. The number of rotatable bonds is 7. The predicted octanol–water partition coefficient (Wildman–Crippen LogP) is 3.37. The van der Waals surface area contributed by atoms with Crippen LogP contribution in [0.25, 0.3) is 0 Å². The van der Waals surface area contributed by atoms with Crippen molar-refractivity contribution in [1.82, 2.24) is 5.32 Å². The van der Waals surface area contributed by atoms with Gasteiger partial charge in [0.15, 0.2) is 11.6 Å². The third-order valence-corrected chi connectivity index (χ3v) is 4.31. The lowest BCUT2D eigenvalue weighted by atomic mass is 9.99. The summed E-state index contributed by atoms with van der Waals surface area (Å²) in [6.45, 7) is 1.78. The third kappa shape index (κ3) is 5.11. The summed E-state index contributed by atoms with van der Waals surface area (Å²) in [5.74, 6) is -1.93. The van der Waals surface area contributed by atoms with Crippen molar-refractivity contribution in [3.05, 3.63) is 57.8 Å². The zero-order chi connectivity index (χ0) is 16.9. The van der Waals surface area contributed by atoms with Crippen LogP contribution in [0, 0.1) is 11.6 Å². The third-order valence-electron chi connectivity index (χ3n) is 3.63. The Balaban J connectivity index is 1.74. The molecule has 1 unspecified atom stereocenters. The van der Waals surface area contributed by atoms with Crippen LogP contribution in [-0.2, 0) is 16.8 Å². The number of hydrogen-bond donors (Lipinski definition) is 2. The molecule has 0 saturated carbocycles. The Bertz CT molecular complexity index is 657. The highest BCUT2D eigenvalue weighted by Crippen LogP contribution is 2.22. The number of carbonyl (C=O) groups is 1. The summed E-state index contributed by atoms with van der Waals surface area (Å²) in [4.78, 5) is 11.8. The molecule has 0 bridgehead atoms. The predicted molar refractivity (Wildman–Crippen MR) is 86.2 cm³/mol. The van der Waals surface area contributed by atoms with E-state index in [9.17, 15) is 18.7 Å². The van der Waals surface area contributed by atoms with Gasteiger partial charge >= 0.3 is 0 Å². The Morgan fingerprint density at radius 2 is 2.09 bits per heavy atom. The van der Waals surface area contributed by atoms with Gasteiger partial charge in [-0.05, 0) is 59.9 Å². The maximum atomic E-state index is 13.1. The second-order valence-corrected chi connectivity index (χ2v) is 6.44. The Labute approximate surface area is 138 Å². The monoisotopic (exact) mass is 339 g/mol. The van der Waals surface area contributed by atoms with E-state index in [2.05, 4.69) is 5.32 Å².